The molecule has 6 heteroatoms. The van der Waals surface area contributed by atoms with Crippen LogP contribution in [0.15, 0.2) is 24.8 Å². The van der Waals surface area contributed by atoms with Gasteiger partial charge in [-0.25, -0.2) is 13.2 Å². The molecule has 0 bridgehead atoms. The van der Waals surface area contributed by atoms with Crippen LogP contribution in [0.5, 0.6) is 0 Å². The lowest BCUT2D eigenvalue weighted by Gasteiger charge is -2.35. The summed E-state index contributed by atoms with van der Waals surface area (Å²) < 4.78 is 59.7. The van der Waals surface area contributed by atoms with Gasteiger partial charge in [0.2, 0.25) is 0 Å². The van der Waals surface area contributed by atoms with E-state index in [0.29, 0.717) is 42.9 Å². The molecule has 30 heavy (non-hydrogen) atoms. The molecule has 0 amide bonds. The molecule has 0 atom stereocenters. The van der Waals surface area contributed by atoms with Gasteiger partial charge in [0, 0.05) is 0 Å². The predicted octanol–water partition coefficient (Wildman–Crippen LogP) is 6.21. The van der Waals surface area contributed by atoms with Crippen LogP contribution < -0.4 is 0 Å². The van der Waals surface area contributed by atoms with Crippen molar-refractivity contribution in [2.45, 2.75) is 76.4 Å². The van der Waals surface area contributed by atoms with E-state index in [2.05, 4.69) is 6.58 Å². The molecule has 2 aliphatic rings. The molecule has 1 saturated heterocycles. The second-order valence-electron chi connectivity index (χ2n) is 8.63. The number of ether oxygens (including phenoxy) is 3. The highest BCUT2D eigenvalue weighted by molar-refractivity contribution is 5.29. The minimum absolute atomic E-state index is 0.00805. The van der Waals surface area contributed by atoms with Gasteiger partial charge in [-0.05, 0) is 67.9 Å². The number of halogens is 3. The van der Waals surface area contributed by atoms with E-state index in [1.165, 1.54) is 0 Å². The zero-order valence-corrected chi connectivity index (χ0v) is 17.8. The summed E-state index contributed by atoms with van der Waals surface area (Å²) in [6.07, 6.45) is 7.23. The normalized spacial score (nSPS) is 29.7. The summed E-state index contributed by atoms with van der Waals surface area (Å²) in [5.74, 6) is -1.10. The lowest BCUT2D eigenvalue weighted by atomic mass is 9.78. The third-order valence-corrected chi connectivity index (χ3v) is 6.22. The van der Waals surface area contributed by atoms with Crippen LogP contribution in [0, 0.1) is 17.6 Å². The quantitative estimate of drug-likeness (QED) is 0.439. The van der Waals surface area contributed by atoms with Gasteiger partial charge in [-0.3, -0.25) is 0 Å². The van der Waals surface area contributed by atoms with Crippen molar-refractivity contribution in [2.75, 3.05) is 19.8 Å². The molecule has 1 heterocycles. The molecule has 1 aromatic carbocycles. The van der Waals surface area contributed by atoms with Crippen molar-refractivity contribution in [3.8, 4) is 0 Å². The average molecular weight is 427 g/mol. The van der Waals surface area contributed by atoms with Gasteiger partial charge in [-0.2, -0.15) is 0 Å². The average Bonchev–Trinajstić information content (AvgIpc) is 2.75. The van der Waals surface area contributed by atoms with Crippen LogP contribution in [-0.4, -0.2) is 32.0 Å². The largest absolute Gasteiger partial charge is 0.330 e. The van der Waals surface area contributed by atoms with Crippen molar-refractivity contribution in [3.05, 3.63) is 47.5 Å². The number of allylic oxidation sites excluding steroid dienone is 1. The molecule has 0 spiro atoms. The summed E-state index contributed by atoms with van der Waals surface area (Å²) in [7, 11) is 0. The summed E-state index contributed by atoms with van der Waals surface area (Å²) in [6.45, 7) is 5.18. The fourth-order valence-corrected chi connectivity index (χ4v) is 4.44. The van der Waals surface area contributed by atoms with Crippen LogP contribution in [0.25, 0.3) is 0 Å². The van der Waals surface area contributed by atoms with Gasteiger partial charge < -0.3 is 14.2 Å². The maximum Gasteiger partial charge on any atom is 0.271 e. The maximum absolute atomic E-state index is 14.6. The number of alkyl halides is 1. The van der Waals surface area contributed by atoms with Gasteiger partial charge in [0.15, 0.2) is 17.3 Å². The second-order valence-corrected chi connectivity index (χ2v) is 8.63. The number of aryl methyl sites for hydroxylation is 1. The number of hydrogen-bond acceptors (Lipinski definition) is 3. The molecule has 1 aliphatic carbocycles. The fraction of sp³-hybridized carbons (Fsp3) is 0.667. The summed E-state index contributed by atoms with van der Waals surface area (Å²) in [6, 6.07) is 3.44. The Kier molecular flexibility index (Phi) is 8.37. The number of hydrogen-bond donors (Lipinski definition) is 0. The smallest absolute Gasteiger partial charge is 0.271 e. The zero-order chi connectivity index (χ0) is 21.6. The van der Waals surface area contributed by atoms with Gasteiger partial charge in [-0.15, -0.1) is 6.58 Å². The van der Waals surface area contributed by atoms with Crippen molar-refractivity contribution in [2.24, 2.45) is 5.92 Å². The molecular weight excluding hydrogens is 393 g/mol. The second kappa shape index (κ2) is 10.8. The molecule has 168 valence electrons. The molecule has 0 unspecified atom stereocenters. The first-order valence-corrected chi connectivity index (χ1v) is 11.1. The Labute approximate surface area is 177 Å². The van der Waals surface area contributed by atoms with Crippen molar-refractivity contribution < 1.29 is 27.4 Å². The van der Waals surface area contributed by atoms with Gasteiger partial charge in [0.05, 0.1) is 19.8 Å². The van der Waals surface area contributed by atoms with Crippen molar-refractivity contribution >= 4 is 0 Å². The van der Waals surface area contributed by atoms with E-state index in [4.69, 9.17) is 14.2 Å². The van der Waals surface area contributed by atoms with E-state index in [9.17, 15) is 13.2 Å². The van der Waals surface area contributed by atoms with E-state index in [-0.39, 0.29) is 19.1 Å². The Bertz CT molecular complexity index is 693. The first kappa shape index (κ1) is 23.3. The van der Waals surface area contributed by atoms with Crippen LogP contribution in [0.3, 0.4) is 0 Å². The first-order valence-electron chi connectivity index (χ1n) is 11.1. The monoisotopic (exact) mass is 426 g/mol. The topological polar surface area (TPSA) is 27.7 Å². The molecular formula is C24H33F3O3. The lowest BCUT2D eigenvalue weighted by molar-refractivity contribution is -0.341. The molecule has 1 saturated carbocycles. The molecule has 3 nitrogen and oxygen atoms in total. The first-order chi connectivity index (χ1) is 14.5. The Morgan fingerprint density at radius 1 is 1.13 bits per heavy atom. The molecule has 0 radical (unpaired) electrons. The van der Waals surface area contributed by atoms with E-state index < -0.39 is 23.8 Å². The van der Waals surface area contributed by atoms with E-state index in [0.717, 1.165) is 32.1 Å². The molecule has 0 N–H and O–H groups in total. The molecule has 1 aliphatic heterocycles. The van der Waals surface area contributed by atoms with Crippen molar-refractivity contribution in [1.82, 2.24) is 0 Å². The summed E-state index contributed by atoms with van der Waals surface area (Å²) >= 11 is 0. The van der Waals surface area contributed by atoms with E-state index >= 15 is 0 Å². The third kappa shape index (κ3) is 5.86. The minimum atomic E-state index is -1.42. The van der Waals surface area contributed by atoms with Gasteiger partial charge >= 0.3 is 0 Å². The maximum atomic E-state index is 14.6. The Morgan fingerprint density at radius 3 is 2.47 bits per heavy atom. The zero-order valence-electron chi connectivity index (χ0n) is 17.8. The summed E-state index contributed by atoms with van der Waals surface area (Å²) in [5, 5.41) is 0. The van der Waals surface area contributed by atoms with Crippen molar-refractivity contribution in [3.63, 3.8) is 0 Å². The SMILES string of the molecule is C=CCCc1ccc(C2CCC(COC3OCC(F)(CCC)CO3)CC2)c(F)c1F. The molecule has 0 aromatic heterocycles. The van der Waals surface area contributed by atoms with E-state index in [1.54, 1.807) is 18.2 Å². The highest BCUT2D eigenvalue weighted by Gasteiger charge is 2.37. The fourth-order valence-electron chi connectivity index (χ4n) is 4.44. The third-order valence-electron chi connectivity index (χ3n) is 6.22. The number of benzene rings is 1. The van der Waals surface area contributed by atoms with Crippen molar-refractivity contribution in [1.29, 1.82) is 0 Å². The van der Waals surface area contributed by atoms with Crippen LogP contribution in [0.4, 0.5) is 13.2 Å². The highest BCUT2D eigenvalue weighted by Crippen LogP contribution is 2.38. The summed E-state index contributed by atoms with van der Waals surface area (Å²) in [5.41, 5.74) is -0.543. The van der Waals surface area contributed by atoms with Gasteiger partial charge in [0.1, 0.15) is 0 Å². The van der Waals surface area contributed by atoms with E-state index in [1.807, 2.05) is 6.92 Å². The molecule has 3 rings (SSSR count). The lowest BCUT2D eigenvalue weighted by Crippen LogP contribution is -2.45. The predicted molar refractivity (Wildman–Crippen MR) is 110 cm³/mol. The van der Waals surface area contributed by atoms with Crippen LogP contribution in [0.2, 0.25) is 0 Å². The molecule has 2 fully saturated rings. The van der Waals surface area contributed by atoms with Gasteiger partial charge in [-0.1, -0.05) is 31.6 Å². The summed E-state index contributed by atoms with van der Waals surface area (Å²) in [4.78, 5) is 0. The molecule has 1 aromatic rings. The standard InChI is InChI=1S/C24H33F3O3/c1-3-5-6-19-11-12-20(22(26)21(19)25)18-9-7-17(8-10-18)14-28-23-29-15-24(27,13-4-2)16-30-23/h3,11-12,17-18,23H,1,4-10,13-16H2,2H3. The van der Waals surface area contributed by atoms with Crippen LogP contribution in [-0.2, 0) is 20.6 Å². The highest BCUT2D eigenvalue weighted by atomic mass is 19.2. The Hall–Kier alpha value is -1.37. The van der Waals surface area contributed by atoms with Crippen LogP contribution >= 0.6 is 0 Å². The minimum Gasteiger partial charge on any atom is -0.330 e. The van der Waals surface area contributed by atoms with Crippen LogP contribution in [0.1, 0.15) is 68.9 Å². The Morgan fingerprint density at radius 2 is 1.83 bits per heavy atom. The van der Waals surface area contributed by atoms with Gasteiger partial charge in [0.25, 0.3) is 6.48 Å². The number of rotatable bonds is 9. The Balaban J connectivity index is 1.44.